The van der Waals surface area contributed by atoms with E-state index in [2.05, 4.69) is 0 Å². The molecule has 1 N–H and O–H groups in total. The van der Waals surface area contributed by atoms with Gasteiger partial charge in [0.15, 0.2) is 0 Å². The van der Waals surface area contributed by atoms with Gasteiger partial charge in [-0.25, -0.2) is 0 Å². The van der Waals surface area contributed by atoms with E-state index in [9.17, 15) is 0 Å². The van der Waals surface area contributed by atoms with Crippen molar-refractivity contribution in [1.29, 1.82) is 0 Å². The SMILES string of the molecule is COCCOCCOc1ccc(OCCOCCO)cc1.[W].[W].[W].[W].[W].[W].[W]. The van der Waals surface area contributed by atoms with Crippen molar-refractivity contribution in [1.82, 2.24) is 0 Å². The zero-order valence-electron chi connectivity index (χ0n) is 15.3. The average molecular weight is 1590 g/mol. The molecule has 0 heterocycles. The number of hydrogen-bond acceptors (Lipinski definition) is 6. The first-order chi connectivity index (χ1) is 10.4. The Kier molecular flexibility index (Phi) is 65.8. The summed E-state index contributed by atoms with van der Waals surface area (Å²) in [5, 5.41) is 8.55. The molecule has 0 aliphatic heterocycles. The van der Waals surface area contributed by atoms with Gasteiger partial charge in [-0.15, -0.1) is 0 Å². The normalized spacial score (nSPS) is 7.93. The zero-order chi connectivity index (χ0) is 15.2. The maximum absolute atomic E-state index is 8.55. The Hall–Kier alpha value is 3.48. The van der Waals surface area contributed by atoms with Crippen molar-refractivity contribution in [3.63, 3.8) is 0 Å². The summed E-state index contributed by atoms with van der Waals surface area (Å²) >= 11 is 0. The second-order valence-corrected chi connectivity index (χ2v) is 4.11. The minimum atomic E-state index is 0. The summed E-state index contributed by atoms with van der Waals surface area (Å²) < 4.78 is 26.3. The van der Waals surface area contributed by atoms with Gasteiger partial charge in [0.25, 0.3) is 0 Å². The van der Waals surface area contributed by atoms with Crippen LogP contribution in [-0.2, 0) is 162 Å². The summed E-state index contributed by atoms with van der Waals surface area (Å²) in [4.78, 5) is 0. The Bertz CT molecular complexity index is 363. The molecule has 1 rings (SSSR count). The Morgan fingerprint density at radius 2 is 0.929 bits per heavy atom. The van der Waals surface area contributed by atoms with Crippen LogP contribution < -0.4 is 9.47 Å². The minimum absolute atomic E-state index is 0. The summed E-state index contributed by atoms with van der Waals surface area (Å²) in [5.41, 5.74) is 0. The molecule has 0 aromatic heterocycles. The first-order valence-electron chi connectivity index (χ1n) is 6.97. The second kappa shape index (κ2) is 37.8. The van der Waals surface area contributed by atoms with Gasteiger partial charge in [-0.3, -0.25) is 0 Å². The molecule has 0 aliphatic rings. The molecule has 6 nitrogen and oxygen atoms in total. The van der Waals surface area contributed by atoms with Crippen molar-refractivity contribution < 1.29 is 176 Å². The quantitative estimate of drug-likeness (QED) is 0.299. The van der Waals surface area contributed by atoms with Crippen molar-refractivity contribution in [2.45, 2.75) is 0 Å². The molecule has 0 atom stereocenters. The number of ether oxygens (including phenoxy) is 5. The summed E-state index contributed by atoms with van der Waals surface area (Å²) in [6.07, 6.45) is 0. The van der Waals surface area contributed by atoms with Crippen molar-refractivity contribution >= 4 is 0 Å². The molecular weight excluding hydrogens is 1560 g/mol. The van der Waals surface area contributed by atoms with Gasteiger partial charge in [0.2, 0.25) is 0 Å². The fourth-order valence-electron chi connectivity index (χ4n) is 1.48. The smallest absolute Gasteiger partial charge is 0.119 e. The van der Waals surface area contributed by atoms with Gasteiger partial charge in [-0.1, -0.05) is 0 Å². The zero-order valence-corrected chi connectivity index (χ0v) is 35.8. The third-order valence-corrected chi connectivity index (χ3v) is 2.48. The molecule has 1 aromatic carbocycles. The molecule has 13 heteroatoms. The first kappa shape index (κ1) is 48.8. The van der Waals surface area contributed by atoms with Gasteiger partial charge in [0.05, 0.1) is 39.6 Å². The van der Waals surface area contributed by atoms with Crippen LogP contribution in [0.5, 0.6) is 11.5 Å². The molecular formula is C15H24O6W7. The Morgan fingerprint density at radius 1 is 0.571 bits per heavy atom. The average Bonchev–Trinajstić information content (AvgIpc) is 2.52. The first-order valence-corrected chi connectivity index (χ1v) is 6.97. The summed E-state index contributed by atoms with van der Waals surface area (Å²) in [6, 6.07) is 7.37. The topological polar surface area (TPSA) is 66.4 Å². The largest absolute Gasteiger partial charge is 0.491 e. The van der Waals surface area contributed by atoms with Crippen molar-refractivity contribution in [2.24, 2.45) is 0 Å². The van der Waals surface area contributed by atoms with Crippen LogP contribution in [0.15, 0.2) is 24.3 Å². The Labute approximate surface area is 268 Å². The molecule has 0 unspecified atom stereocenters. The maximum Gasteiger partial charge on any atom is 0.119 e. The maximum atomic E-state index is 8.55. The molecule has 28 heavy (non-hydrogen) atoms. The van der Waals surface area contributed by atoms with E-state index >= 15 is 0 Å². The number of methoxy groups -OCH3 is 1. The monoisotopic (exact) mass is 1590 g/mol. The van der Waals surface area contributed by atoms with Crippen LogP contribution in [0.2, 0.25) is 0 Å². The minimum Gasteiger partial charge on any atom is -0.491 e. The molecule has 0 saturated heterocycles. The van der Waals surface area contributed by atoms with E-state index in [0.717, 1.165) is 11.5 Å². The summed E-state index contributed by atoms with van der Waals surface area (Å²) in [6.45, 7) is 3.47. The number of aliphatic hydroxyl groups is 1. The fourth-order valence-corrected chi connectivity index (χ4v) is 1.48. The van der Waals surface area contributed by atoms with E-state index in [0.29, 0.717) is 46.2 Å². The molecule has 0 fully saturated rings. The molecule has 0 radical (unpaired) electrons. The van der Waals surface area contributed by atoms with Crippen LogP contribution in [0, 0.1) is 0 Å². The van der Waals surface area contributed by atoms with Crippen LogP contribution in [0.1, 0.15) is 0 Å². The van der Waals surface area contributed by atoms with Gasteiger partial charge in [0.1, 0.15) is 24.7 Å². The van der Waals surface area contributed by atoms with E-state index in [1.165, 1.54) is 0 Å². The summed E-state index contributed by atoms with van der Waals surface area (Å²) in [5.74, 6) is 1.53. The molecule has 0 spiro atoms. The van der Waals surface area contributed by atoms with E-state index in [4.69, 9.17) is 28.8 Å². The van der Waals surface area contributed by atoms with E-state index < -0.39 is 0 Å². The Morgan fingerprint density at radius 3 is 1.29 bits per heavy atom. The van der Waals surface area contributed by atoms with Gasteiger partial charge >= 0.3 is 0 Å². The van der Waals surface area contributed by atoms with E-state index in [1.54, 1.807) is 7.11 Å². The molecule has 0 amide bonds. The fraction of sp³-hybridized carbons (Fsp3) is 0.600. The van der Waals surface area contributed by atoms with Gasteiger partial charge < -0.3 is 28.8 Å². The van der Waals surface area contributed by atoms with E-state index in [-0.39, 0.29) is 154 Å². The third kappa shape index (κ3) is 29.5. The van der Waals surface area contributed by atoms with Crippen LogP contribution >= 0.6 is 0 Å². The van der Waals surface area contributed by atoms with Crippen molar-refractivity contribution in [3.05, 3.63) is 24.3 Å². The van der Waals surface area contributed by atoms with Crippen LogP contribution in [0.25, 0.3) is 0 Å². The number of hydrogen-bond donors (Lipinski definition) is 1. The molecule has 0 saturated carbocycles. The van der Waals surface area contributed by atoms with Crippen LogP contribution in [0.3, 0.4) is 0 Å². The molecule has 162 valence electrons. The van der Waals surface area contributed by atoms with Crippen LogP contribution in [-0.4, -0.2) is 65.1 Å². The predicted octanol–water partition coefficient (Wildman–Crippen LogP) is 1.10. The Balaban J connectivity index is -0.000000126. The number of aliphatic hydroxyl groups excluding tert-OH is 1. The van der Waals surface area contributed by atoms with Gasteiger partial charge in [-0.05, 0) is 24.3 Å². The number of rotatable bonds is 13. The molecule has 1 aromatic rings. The van der Waals surface area contributed by atoms with Crippen molar-refractivity contribution in [3.8, 4) is 11.5 Å². The third-order valence-electron chi connectivity index (χ3n) is 2.48. The number of benzene rings is 1. The molecule has 0 aliphatic carbocycles. The second-order valence-electron chi connectivity index (χ2n) is 4.11. The van der Waals surface area contributed by atoms with Gasteiger partial charge in [0, 0.05) is 155 Å². The van der Waals surface area contributed by atoms with Crippen LogP contribution in [0.4, 0.5) is 0 Å². The van der Waals surface area contributed by atoms with Crippen molar-refractivity contribution in [2.75, 3.05) is 60.0 Å². The van der Waals surface area contributed by atoms with E-state index in [1.807, 2.05) is 24.3 Å². The standard InChI is InChI=1S/C15H24O6.7W/c1-17-8-9-19-11-13-21-15-4-2-14(3-5-15)20-12-10-18-7-6-16;;;;;;;/h2-5,16H,6-13H2,1H3;;;;;;;. The molecule has 0 bridgehead atoms. The summed E-state index contributed by atoms with van der Waals surface area (Å²) in [7, 11) is 1.64. The predicted molar refractivity (Wildman–Crippen MR) is 78.0 cm³/mol. The van der Waals surface area contributed by atoms with Gasteiger partial charge in [-0.2, -0.15) is 0 Å².